The summed E-state index contributed by atoms with van der Waals surface area (Å²) >= 11 is 1.70. The Morgan fingerprint density at radius 1 is 1.18 bits per heavy atom. The van der Waals surface area contributed by atoms with Crippen molar-refractivity contribution in [3.8, 4) is 11.4 Å². The lowest BCUT2D eigenvalue weighted by molar-refractivity contribution is -0.122. The number of H-pyrrole nitrogens is 1. The normalized spacial score (nSPS) is 17.8. The first kappa shape index (κ1) is 20.2. The number of carbonyl (C=O) groups excluding carboxylic acids is 1. The second-order valence-corrected chi connectivity index (χ2v) is 9.01. The van der Waals surface area contributed by atoms with Crippen molar-refractivity contribution in [2.75, 3.05) is 35.8 Å². The van der Waals surface area contributed by atoms with Gasteiger partial charge in [0.2, 0.25) is 0 Å². The molecule has 0 spiro atoms. The minimum Gasteiger partial charge on any atom is -0.377 e. The molecule has 6 rings (SSSR count). The second-order valence-electron chi connectivity index (χ2n) is 8.13. The van der Waals surface area contributed by atoms with Crippen molar-refractivity contribution in [2.24, 2.45) is 0 Å². The van der Waals surface area contributed by atoms with Crippen LogP contribution in [0.2, 0.25) is 0 Å². The number of morpholine rings is 1. The van der Waals surface area contributed by atoms with Gasteiger partial charge in [-0.3, -0.25) is 9.89 Å². The maximum absolute atomic E-state index is 13.5. The molecule has 2 aliphatic heterocycles. The molecule has 4 aromatic rings. The summed E-state index contributed by atoms with van der Waals surface area (Å²) in [5.41, 5.74) is 3.67. The molecule has 2 aromatic heterocycles. The molecule has 1 unspecified atom stereocenters. The Balaban J connectivity index is 1.41. The summed E-state index contributed by atoms with van der Waals surface area (Å²) in [5.74, 6) is 1.42. The van der Waals surface area contributed by atoms with Gasteiger partial charge in [0, 0.05) is 22.4 Å². The Bertz CT molecular complexity index is 1340. The van der Waals surface area contributed by atoms with E-state index in [1.54, 1.807) is 29.1 Å². The first-order chi connectivity index (χ1) is 16.2. The zero-order valence-corrected chi connectivity index (χ0v) is 18.9. The fraction of sp³-hybridized carbons (Fsp3) is 0.250. The highest BCUT2D eigenvalue weighted by Crippen LogP contribution is 2.37. The topological polar surface area (TPSA) is 87.2 Å². The van der Waals surface area contributed by atoms with Crippen molar-refractivity contribution in [1.82, 2.24) is 20.2 Å². The molecule has 8 nitrogen and oxygen atoms in total. The minimum atomic E-state index is -0.379. The molecule has 0 saturated carbocycles. The lowest BCUT2D eigenvalue weighted by Crippen LogP contribution is -2.58. The van der Waals surface area contributed by atoms with Gasteiger partial charge in [-0.05, 0) is 42.2 Å². The maximum Gasteiger partial charge on any atom is 0.252 e. The number of hydrogen-bond donors (Lipinski definition) is 1. The number of rotatable bonds is 4. The van der Waals surface area contributed by atoms with Crippen LogP contribution in [0.5, 0.6) is 0 Å². The third kappa shape index (κ3) is 3.53. The Hall–Kier alpha value is -3.43. The number of amides is 1. The summed E-state index contributed by atoms with van der Waals surface area (Å²) < 4.78 is 5.66. The lowest BCUT2D eigenvalue weighted by atomic mass is 10.1. The van der Waals surface area contributed by atoms with Gasteiger partial charge in [0.15, 0.2) is 11.6 Å². The zero-order chi connectivity index (χ0) is 22.4. The highest BCUT2D eigenvalue weighted by Gasteiger charge is 2.41. The van der Waals surface area contributed by atoms with Gasteiger partial charge in [0.1, 0.15) is 11.7 Å². The van der Waals surface area contributed by atoms with E-state index in [0.29, 0.717) is 32.1 Å². The fourth-order valence-corrected chi connectivity index (χ4v) is 4.83. The highest BCUT2D eigenvalue weighted by molar-refractivity contribution is 7.98. The van der Waals surface area contributed by atoms with Gasteiger partial charge >= 0.3 is 0 Å². The zero-order valence-electron chi connectivity index (χ0n) is 18.1. The van der Waals surface area contributed by atoms with Crippen LogP contribution in [-0.4, -0.2) is 58.1 Å². The Labute approximate surface area is 195 Å². The average molecular weight is 459 g/mol. The average Bonchev–Trinajstić information content (AvgIpc) is 3.35. The van der Waals surface area contributed by atoms with Crippen LogP contribution in [0.15, 0.2) is 59.8 Å². The van der Waals surface area contributed by atoms with Crippen molar-refractivity contribution in [1.29, 1.82) is 0 Å². The first-order valence-electron chi connectivity index (χ1n) is 10.8. The monoisotopic (exact) mass is 458 g/mol. The second kappa shape index (κ2) is 8.17. The van der Waals surface area contributed by atoms with E-state index in [9.17, 15) is 4.79 Å². The van der Waals surface area contributed by atoms with Crippen LogP contribution < -0.4 is 9.80 Å². The van der Waals surface area contributed by atoms with E-state index >= 15 is 0 Å². The summed E-state index contributed by atoms with van der Waals surface area (Å²) in [7, 11) is 0. The number of hydrogen-bond acceptors (Lipinski definition) is 7. The minimum absolute atomic E-state index is 0.0207. The van der Waals surface area contributed by atoms with E-state index in [4.69, 9.17) is 9.72 Å². The van der Waals surface area contributed by atoms with Gasteiger partial charge in [-0.2, -0.15) is 5.10 Å². The number of aromatic amines is 1. The Kier molecular flexibility index (Phi) is 5.00. The van der Waals surface area contributed by atoms with Crippen molar-refractivity contribution in [3.63, 3.8) is 0 Å². The van der Waals surface area contributed by atoms with Crippen LogP contribution in [0.25, 0.3) is 22.3 Å². The van der Waals surface area contributed by atoms with Crippen LogP contribution in [0.3, 0.4) is 0 Å². The smallest absolute Gasteiger partial charge is 0.252 e. The Morgan fingerprint density at radius 2 is 2.06 bits per heavy atom. The molecule has 1 saturated heterocycles. The van der Waals surface area contributed by atoms with Crippen LogP contribution >= 0.6 is 11.8 Å². The standard InChI is InChI=1S/C24H22N6O2S/c1-33-18-5-2-15(3-6-18)13-30-20-12-25-22(16-4-7-19-17(10-16)11-26-28-19)27-23(20)29-8-9-32-14-21(29)24(30)31/h2-7,10-12,21H,8-9,13-14H2,1H3,(H,26,28). The predicted molar refractivity (Wildman–Crippen MR) is 128 cm³/mol. The molecule has 0 radical (unpaired) electrons. The number of carbonyl (C=O) groups is 1. The number of nitrogens with zero attached hydrogens (tertiary/aromatic N) is 5. The molecule has 166 valence electrons. The molecule has 1 amide bonds. The molecular formula is C24H22N6O2S. The summed E-state index contributed by atoms with van der Waals surface area (Å²) in [6.07, 6.45) is 5.62. The van der Waals surface area contributed by atoms with Crippen molar-refractivity contribution < 1.29 is 9.53 Å². The van der Waals surface area contributed by atoms with Gasteiger partial charge in [-0.25, -0.2) is 9.97 Å². The number of nitrogens with one attached hydrogen (secondary N) is 1. The van der Waals surface area contributed by atoms with E-state index in [-0.39, 0.29) is 11.9 Å². The van der Waals surface area contributed by atoms with Crippen LogP contribution in [0.1, 0.15) is 5.56 Å². The van der Waals surface area contributed by atoms with Crippen molar-refractivity contribution in [2.45, 2.75) is 17.5 Å². The van der Waals surface area contributed by atoms with Gasteiger partial charge in [0.05, 0.1) is 37.7 Å². The summed E-state index contributed by atoms with van der Waals surface area (Å²) in [6.45, 7) is 2.02. The summed E-state index contributed by atoms with van der Waals surface area (Å²) in [4.78, 5) is 28.1. The first-order valence-corrected chi connectivity index (χ1v) is 12.0. The molecule has 0 bridgehead atoms. The number of aromatic nitrogens is 4. The van der Waals surface area contributed by atoms with E-state index in [0.717, 1.165) is 33.5 Å². The van der Waals surface area contributed by atoms with Crippen LogP contribution in [0, 0.1) is 0 Å². The molecule has 33 heavy (non-hydrogen) atoms. The molecule has 1 atom stereocenters. The van der Waals surface area contributed by atoms with Crippen LogP contribution in [-0.2, 0) is 16.1 Å². The van der Waals surface area contributed by atoms with E-state index in [2.05, 4.69) is 50.6 Å². The number of anilines is 2. The maximum atomic E-state index is 13.5. The van der Waals surface area contributed by atoms with Gasteiger partial charge in [0.25, 0.3) is 5.91 Å². The fourth-order valence-electron chi connectivity index (χ4n) is 4.43. The number of benzene rings is 2. The van der Waals surface area contributed by atoms with Crippen molar-refractivity contribution >= 4 is 40.1 Å². The van der Waals surface area contributed by atoms with E-state index < -0.39 is 0 Å². The molecule has 1 N–H and O–H groups in total. The summed E-state index contributed by atoms with van der Waals surface area (Å²) in [6, 6.07) is 13.9. The molecule has 2 aliphatic rings. The summed E-state index contributed by atoms with van der Waals surface area (Å²) in [5, 5.41) is 8.07. The molecule has 9 heteroatoms. The van der Waals surface area contributed by atoms with Gasteiger partial charge in [-0.1, -0.05) is 12.1 Å². The third-order valence-corrected chi connectivity index (χ3v) is 6.93. The quantitative estimate of drug-likeness (QED) is 0.469. The number of fused-ring (bicyclic) bond motifs is 4. The van der Waals surface area contributed by atoms with Crippen molar-refractivity contribution in [3.05, 3.63) is 60.4 Å². The predicted octanol–water partition coefficient (Wildman–Crippen LogP) is 3.49. The number of thioether (sulfide) groups is 1. The van der Waals surface area contributed by atoms with E-state index in [1.807, 2.05) is 18.2 Å². The third-order valence-electron chi connectivity index (χ3n) is 6.19. The molecule has 2 aromatic carbocycles. The molecule has 1 fully saturated rings. The molecule has 0 aliphatic carbocycles. The Morgan fingerprint density at radius 3 is 2.91 bits per heavy atom. The number of ether oxygens (including phenoxy) is 1. The van der Waals surface area contributed by atoms with Gasteiger partial charge in [-0.15, -0.1) is 11.8 Å². The van der Waals surface area contributed by atoms with Crippen LogP contribution in [0.4, 0.5) is 11.5 Å². The highest BCUT2D eigenvalue weighted by atomic mass is 32.2. The lowest BCUT2D eigenvalue weighted by Gasteiger charge is -2.43. The SMILES string of the molecule is CSc1ccc(CN2C(=O)C3COCCN3c3nc(-c4ccc5[nH]ncc5c4)ncc32)cc1. The molecular weight excluding hydrogens is 436 g/mol. The van der Waals surface area contributed by atoms with E-state index in [1.165, 1.54) is 4.90 Å². The largest absolute Gasteiger partial charge is 0.377 e. The van der Waals surface area contributed by atoms with Gasteiger partial charge < -0.3 is 14.5 Å². The molecule has 4 heterocycles.